The predicted octanol–water partition coefficient (Wildman–Crippen LogP) is 1.73. The van der Waals surface area contributed by atoms with E-state index in [1.807, 2.05) is 26.0 Å². The lowest BCUT2D eigenvalue weighted by molar-refractivity contribution is 0.0840. The predicted molar refractivity (Wildman–Crippen MR) is 100 cm³/mol. The standard InChI is InChI=1S/C15H20N4O2.CH4O3S/c1-4-7-19(15(16)17)14(20)11-8-10-9(2)5-6-12(21-3)13(10)18-11;1-5(2,3)4/h5-6,8,18H,4,7H2,1-3H3,(H3,16,17);1H3,(H,2,3,4). The van der Waals surface area contributed by atoms with E-state index in [2.05, 4.69) is 4.98 Å². The van der Waals surface area contributed by atoms with Crippen LogP contribution in [0.3, 0.4) is 0 Å². The van der Waals surface area contributed by atoms with Gasteiger partial charge in [-0.2, -0.15) is 8.42 Å². The summed E-state index contributed by atoms with van der Waals surface area (Å²) in [7, 11) is -2.08. The van der Waals surface area contributed by atoms with Gasteiger partial charge in [0.2, 0.25) is 0 Å². The molecule has 144 valence electrons. The number of hydrogen-bond donors (Lipinski definition) is 4. The third-order valence-electron chi connectivity index (χ3n) is 3.41. The number of benzene rings is 1. The van der Waals surface area contributed by atoms with E-state index in [1.165, 1.54) is 4.90 Å². The molecule has 1 heterocycles. The summed E-state index contributed by atoms with van der Waals surface area (Å²) in [6.45, 7) is 4.32. The van der Waals surface area contributed by atoms with Crippen LogP contribution in [0.4, 0.5) is 0 Å². The number of amides is 1. The van der Waals surface area contributed by atoms with E-state index < -0.39 is 10.1 Å². The van der Waals surface area contributed by atoms with E-state index in [9.17, 15) is 13.2 Å². The van der Waals surface area contributed by atoms with E-state index in [-0.39, 0.29) is 11.9 Å². The number of hydrogen-bond acceptors (Lipinski definition) is 5. The van der Waals surface area contributed by atoms with Crippen molar-refractivity contribution >= 4 is 32.9 Å². The SMILES string of the molecule is CCCN(C(=N)N)C(=O)c1cc2c(C)ccc(OC)c2[nH]1.CS(=O)(=O)O. The van der Waals surface area contributed by atoms with Gasteiger partial charge < -0.3 is 15.5 Å². The van der Waals surface area contributed by atoms with Crippen LogP contribution in [0.1, 0.15) is 29.4 Å². The quantitative estimate of drug-likeness (QED) is 0.358. The molecular formula is C16H24N4O5S. The molecule has 0 aliphatic heterocycles. The highest BCUT2D eigenvalue weighted by molar-refractivity contribution is 7.85. The van der Waals surface area contributed by atoms with Gasteiger partial charge in [-0.05, 0) is 31.0 Å². The highest BCUT2D eigenvalue weighted by atomic mass is 32.2. The van der Waals surface area contributed by atoms with E-state index in [0.717, 1.165) is 22.9 Å². The molecule has 0 aliphatic rings. The zero-order chi connectivity index (χ0) is 20.1. The zero-order valence-corrected chi connectivity index (χ0v) is 16.0. The first kappa shape index (κ1) is 21.5. The summed E-state index contributed by atoms with van der Waals surface area (Å²) in [6.07, 6.45) is 1.45. The van der Waals surface area contributed by atoms with E-state index in [4.69, 9.17) is 20.4 Å². The number of nitrogens with zero attached hydrogens (tertiary/aromatic N) is 1. The molecule has 0 radical (unpaired) electrons. The largest absolute Gasteiger partial charge is 0.495 e. The molecule has 0 saturated carbocycles. The number of aromatic amines is 1. The van der Waals surface area contributed by atoms with Crippen LogP contribution in [0.25, 0.3) is 10.9 Å². The fourth-order valence-corrected chi connectivity index (χ4v) is 2.32. The molecule has 0 spiro atoms. The van der Waals surface area contributed by atoms with Crippen molar-refractivity contribution in [3.05, 3.63) is 29.5 Å². The molecule has 0 atom stereocenters. The lowest BCUT2D eigenvalue weighted by atomic mass is 10.1. The molecule has 9 nitrogen and oxygen atoms in total. The fourth-order valence-electron chi connectivity index (χ4n) is 2.32. The van der Waals surface area contributed by atoms with Crippen LogP contribution < -0.4 is 10.5 Å². The van der Waals surface area contributed by atoms with Gasteiger partial charge in [0, 0.05) is 11.9 Å². The Labute approximate surface area is 152 Å². The number of aryl methyl sites for hydroxylation is 1. The molecule has 1 aromatic heterocycles. The molecule has 0 fully saturated rings. The summed E-state index contributed by atoms with van der Waals surface area (Å²) in [5.74, 6) is 0.130. The highest BCUT2D eigenvalue weighted by Gasteiger charge is 2.20. The van der Waals surface area contributed by atoms with Gasteiger partial charge in [0.25, 0.3) is 16.0 Å². The van der Waals surface area contributed by atoms with Gasteiger partial charge in [-0.3, -0.25) is 19.7 Å². The van der Waals surface area contributed by atoms with Gasteiger partial charge in [0.15, 0.2) is 5.96 Å². The van der Waals surface area contributed by atoms with Crippen molar-refractivity contribution in [2.75, 3.05) is 19.9 Å². The maximum absolute atomic E-state index is 12.5. The first-order valence-electron chi connectivity index (χ1n) is 7.74. The average Bonchev–Trinajstić information content (AvgIpc) is 2.96. The van der Waals surface area contributed by atoms with Gasteiger partial charge in [-0.15, -0.1) is 0 Å². The molecule has 10 heteroatoms. The number of nitrogens with one attached hydrogen (secondary N) is 2. The number of aromatic nitrogens is 1. The monoisotopic (exact) mass is 384 g/mol. The number of nitrogens with two attached hydrogens (primary N) is 1. The lowest BCUT2D eigenvalue weighted by Crippen LogP contribution is -2.41. The smallest absolute Gasteiger partial charge is 0.276 e. The van der Waals surface area contributed by atoms with Crippen molar-refractivity contribution in [1.82, 2.24) is 9.88 Å². The topological polar surface area (TPSA) is 150 Å². The number of rotatable bonds is 4. The molecule has 0 saturated heterocycles. The molecule has 0 bridgehead atoms. The Bertz CT molecular complexity index is 897. The Morgan fingerprint density at radius 1 is 1.42 bits per heavy atom. The minimum Gasteiger partial charge on any atom is -0.495 e. The van der Waals surface area contributed by atoms with E-state index in [0.29, 0.717) is 24.2 Å². The van der Waals surface area contributed by atoms with Crippen LogP contribution in [0, 0.1) is 12.3 Å². The Morgan fingerprint density at radius 3 is 2.46 bits per heavy atom. The molecule has 1 amide bonds. The van der Waals surface area contributed by atoms with Crippen LogP contribution >= 0.6 is 0 Å². The van der Waals surface area contributed by atoms with Crippen molar-refractivity contribution in [2.45, 2.75) is 20.3 Å². The second kappa shape index (κ2) is 8.68. The van der Waals surface area contributed by atoms with Crippen molar-refractivity contribution in [1.29, 1.82) is 5.41 Å². The maximum atomic E-state index is 12.5. The Balaban J connectivity index is 0.000000597. The summed E-state index contributed by atoms with van der Waals surface area (Å²) >= 11 is 0. The summed E-state index contributed by atoms with van der Waals surface area (Å²) in [4.78, 5) is 16.8. The number of H-pyrrole nitrogens is 1. The number of ether oxygens (including phenoxy) is 1. The number of carbonyl (C=O) groups excluding carboxylic acids is 1. The minimum absolute atomic E-state index is 0.246. The molecule has 26 heavy (non-hydrogen) atoms. The van der Waals surface area contributed by atoms with E-state index >= 15 is 0 Å². The lowest BCUT2D eigenvalue weighted by Gasteiger charge is -2.18. The Morgan fingerprint density at radius 2 is 2.00 bits per heavy atom. The van der Waals surface area contributed by atoms with Crippen molar-refractivity contribution in [3.8, 4) is 5.75 Å². The van der Waals surface area contributed by atoms with Crippen LogP contribution in [0.5, 0.6) is 5.75 Å². The second-order valence-electron chi connectivity index (χ2n) is 5.63. The number of carbonyl (C=O) groups is 1. The molecule has 0 unspecified atom stereocenters. The summed E-state index contributed by atoms with van der Waals surface area (Å²) < 4.78 is 31.2. The Hall–Kier alpha value is -2.59. The molecule has 2 rings (SSSR count). The fraction of sp³-hybridized carbons (Fsp3) is 0.375. The number of fused-ring (bicyclic) bond motifs is 1. The molecule has 0 aliphatic carbocycles. The summed E-state index contributed by atoms with van der Waals surface area (Å²) in [5.41, 5.74) is 7.72. The minimum atomic E-state index is -3.67. The molecule has 5 N–H and O–H groups in total. The average molecular weight is 384 g/mol. The zero-order valence-electron chi connectivity index (χ0n) is 15.2. The first-order valence-corrected chi connectivity index (χ1v) is 9.59. The van der Waals surface area contributed by atoms with Crippen LogP contribution in [0.2, 0.25) is 0 Å². The first-order chi connectivity index (χ1) is 12.0. The van der Waals surface area contributed by atoms with Gasteiger partial charge in [0.1, 0.15) is 11.4 Å². The van der Waals surface area contributed by atoms with E-state index in [1.54, 1.807) is 13.2 Å². The van der Waals surface area contributed by atoms with Crippen LogP contribution in [-0.4, -0.2) is 54.6 Å². The normalized spacial score (nSPS) is 10.8. The van der Waals surface area contributed by atoms with Crippen LogP contribution in [0.15, 0.2) is 18.2 Å². The van der Waals surface area contributed by atoms with Gasteiger partial charge >= 0.3 is 0 Å². The number of guanidine groups is 1. The van der Waals surface area contributed by atoms with Crippen molar-refractivity contribution in [2.24, 2.45) is 5.73 Å². The third kappa shape index (κ3) is 5.74. The molecule has 1 aromatic carbocycles. The summed E-state index contributed by atoms with van der Waals surface area (Å²) in [6, 6.07) is 5.58. The van der Waals surface area contributed by atoms with Crippen molar-refractivity contribution in [3.63, 3.8) is 0 Å². The maximum Gasteiger partial charge on any atom is 0.276 e. The molecular weight excluding hydrogens is 360 g/mol. The van der Waals surface area contributed by atoms with Crippen molar-refractivity contribution < 1.29 is 22.5 Å². The van der Waals surface area contributed by atoms with Crippen LogP contribution in [-0.2, 0) is 10.1 Å². The Kier molecular flexibility index (Phi) is 7.16. The number of methoxy groups -OCH3 is 1. The van der Waals surface area contributed by atoms with Gasteiger partial charge in [-0.25, -0.2) is 0 Å². The highest BCUT2D eigenvalue weighted by Crippen LogP contribution is 2.28. The van der Waals surface area contributed by atoms with Gasteiger partial charge in [0.05, 0.1) is 18.9 Å². The van der Waals surface area contributed by atoms with Gasteiger partial charge in [-0.1, -0.05) is 13.0 Å². The second-order valence-corrected chi connectivity index (χ2v) is 7.10. The third-order valence-corrected chi connectivity index (χ3v) is 3.41. The summed E-state index contributed by atoms with van der Waals surface area (Å²) in [5, 5.41) is 8.46. The molecule has 2 aromatic rings.